The van der Waals surface area contributed by atoms with Gasteiger partial charge in [0.25, 0.3) is 0 Å². The Morgan fingerprint density at radius 3 is 2.68 bits per heavy atom. The van der Waals surface area contributed by atoms with Crippen molar-refractivity contribution >= 4 is 11.6 Å². The van der Waals surface area contributed by atoms with Crippen LogP contribution in [0, 0.1) is 0 Å². The smallest absolute Gasteiger partial charge is 0.222 e. The molecule has 1 aliphatic rings. The second-order valence-electron chi connectivity index (χ2n) is 9.02. The first-order chi connectivity index (χ1) is 16.4. The van der Waals surface area contributed by atoms with Crippen molar-refractivity contribution < 1.29 is 14.6 Å². The van der Waals surface area contributed by atoms with Crippen LogP contribution < -0.4 is 4.74 Å². The van der Waals surface area contributed by atoms with Gasteiger partial charge in [0, 0.05) is 38.9 Å². The van der Waals surface area contributed by atoms with Gasteiger partial charge in [0.2, 0.25) is 5.88 Å². The normalized spacial score (nSPS) is 17.6. The second-order valence-corrected chi connectivity index (χ2v) is 9.43. The van der Waals surface area contributed by atoms with Crippen molar-refractivity contribution in [1.82, 2.24) is 14.7 Å². The highest BCUT2D eigenvalue weighted by atomic mass is 35.5. The van der Waals surface area contributed by atoms with Crippen LogP contribution in [0.5, 0.6) is 11.6 Å². The average Bonchev–Trinajstić information content (AvgIpc) is 3.44. The number of aliphatic hydroxyl groups is 1. The summed E-state index contributed by atoms with van der Waals surface area (Å²) in [6, 6.07) is 17.5. The summed E-state index contributed by atoms with van der Waals surface area (Å²) in [5, 5.41) is 16.2. The van der Waals surface area contributed by atoms with E-state index in [9.17, 15) is 5.11 Å². The molecule has 7 heteroatoms. The summed E-state index contributed by atoms with van der Waals surface area (Å²) < 4.78 is 14.0. The highest BCUT2D eigenvalue weighted by Crippen LogP contribution is 2.36. The Hall–Kier alpha value is -2.64. The molecule has 1 N–H and O–H groups in total. The standard InChI is InChI=1S/C27H32ClN3O3/c1-4-27(2,32)19-31(17-21-13-10-16-33-21)18-22-25(20-11-6-5-7-12-20)29-30(3)26(22)34-24-15-9-8-14-23(24)28/h4-9,11-12,14-15,21,32H,1,10,13,16-19H2,2-3H3. The van der Waals surface area contributed by atoms with Crippen molar-refractivity contribution in [3.8, 4) is 22.9 Å². The summed E-state index contributed by atoms with van der Waals surface area (Å²) in [6.07, 6.45) is 3.77. The van der Waals surface area contributed by atoms with Gasteiger partial charge in [-0.1, -0.05) is 60.1 Å². The average molecular weight is 482 g/mol. The van der Waals surface area contributed by atoms with Gasteiger partial charge in [-0.15, -0.1) is 6.58 Å². The predicted octanol–water partition coefficient (Wildman–Crippen LogP) is 5.45. The number of aromatic nitrogens is 2. The third-order valence-electron chi connectivity index (χ3n) is 6.03. The van der Waals surface area contributed by atoms with Crippen LogP contribution in [-0.4, -0.2) is 51.2 Å². The van der Waals surface area contributed by atoms with Gasteiger partial charge in [-0.3, -0.25) is 4.90 Å². The summed E-state index contributed by atoms with van der Waals surface area (Å²) in [5.41, 5.74) is 1.71. The molecule has 1 aliphatic heterocycles. The number of nitrogens with zero attached hydrogens (tertiary/aromatic N) is 3. The molecule has 1 saturated heterocycles. The van der Waals surface area contributed by atoms with Gasteiger partial charge in [0.1, 0.15) is 11.4 Å². The van der Waals surface area contributed by atoms with Gasteiger partial charge >= 0.3 is 0 Å². The third-order valence-corrected chi connectivity index (χ3v) is 6.34. The lowest BCUT2D eigenvalue weighted by molar-refractivity contribution is 0.0241. The molecule has 34 heavy (non-hydrogen) atoms. The molecule has 2 atom stereocenters. The lowest BCUT2D eigenvalue weighted by Gasteiger charge is -2.31. The number of hydrogen-bond acceptors (Lipinski definition) is 5. The van der Waals surface area contributed by atoms with Gasteiger partial charge in [-0.25, -0.2) is 4.68 Å². The molecule has 0 radical (unpaired) electrons. The monoisotopic (exact) mass is 481 g/mol. The molecule has 180 valence electrons. The molecular formula is C27H32ClN3O3. The maximum Gasteiger partial charge on any atom is 0.222 e. The molecular weight excluding hydrogens is 450 g/mol. The quantitative estimate of drug-likeness (QED) is 0.390. The summed E-state index contributed by atoms with van der Waals surface area (Å²) in [6.45, 7) is 7.98. The highest BCUT2D eigenvalue weighted by molar-refractivity contribution is 6.32. The maximum absolute atomic E-state index is 10.8. The van der Waals surface area contributed by atoms with Crippen LogP contribution in [-0.2, 0) is 18.3 Å². The van der Waals surface area contributed by atoms with E-state index < -0.39 is 5.60 Å². The second kappa shape index (κ2) is 10.7. The number of ether oxygens (including phenoxy) is 2. The van der Waals surface area contributed by atoms with Crippen LogP contribution in [0.2, 0.25) is 5.02 Å². The lowest BCUT2D eigenvalue weighted by atomic mass is 10.0. The van der Waals surface area contributed by atoms with Gasteiger partial charge in [0.15, 0.2) is 0 Å². The van der Waals surface area contributed by atoms with Crippen molar-refractivity contribution in [3.05, 3.63) is 77.8 Å². The van der Waals surface area contributed by atoms with Gasteiger partial charge < -0.3 is 14.6 Å². The number of aryl methyl sites for hydroxylation is 1. The topological polar surface area (TPSA) is 59.8 Å². The zero-order valence-corrected chi connectivity index (χ0v) is 20.5. The van der Waals surface area contributed by atoms with Crippen molar-refractivity contribution in [2.24, 2.45) is 7.05 Å². The molecule has 0 bridgehead atoms. The summed E-state index contributed by atoms with van der Waals surface area (Å²) in [4.78, 5) is 2.20. The molecule has 3 aromatic rings. The van der Waals surface area contributed by atoms with E-state index in [-0.39, 0.29) is 6.10 Å². The minimum Gasteiger partial charge on any atom is -0.437 e. The Morgan fingerprint density at radius 1 is 1.26 bits per heavy atom. The Kier molecular flexibility index (Phi) is 7.73. The summed E-state index contributed by atoms with van der Waals surface area (Å²) >= 11 is 6.40. The minimum atomic E-state index is -1.04. The molecule has 2 aromatic carbocycles. The molecule has 2 heterocycles. The van der Waals surface area contributed by atoms with E-state index in [1.54, 1.807) is 23.7 Å². The van der Waals surface area contributed by atoms with Crippen molar-refractivity contribution in [1.29, 1.82) is 0 Å². The van der Waals surface area contributed by atoms with Gasteiger partial charge in [0.05, 0.1) is 22.3 Å². The molecule has 2 unspecified atom stereocenters. The minimum absolute atomic E-state index is 0.130. The predicted molar refractivity (Wildman–Crippen MR) is 135 cm³/mol. The molecule has 4 rings (SSSR count). The first-order valence-corrected chi connectivity index (χ1v) is 12.0. The highest BCUT2D eigenvalue weighted by Gasteiger charge is 2.29. The first-order valence-electron chi connectivity index (χ1n) is 11.6. The van der Waals surface area contributed by atoms with E-state index in [1.807, 2.05) is 55.6 Å². The summed E-state index contributed by atoms with van der Waals surface area (Å²) in [7, 11) is 1.87. The third kappa shape index (κ3) is 5.88. The van der Waals surface area contributed by atoms with E-state index >= 15 is 0 Å². The molecule has 6 nitrogen and oxygen atoms in total. The van der Waals surface area contributed by atoms with E-state index in [4.69, 9.17) is 26.2 Å². The Bertz CT molecular complexity index is 1110. The van der Waals surface area contributed by atoms with Crippen LogP contribution in [0.15, 0.2) is 67.3 Å². The lowest BCUT2D eigenvalue weighted by Crippen LogP contribution is -2.42. The van der Waals surface area contributed by atoms with E-state index in [0.717, 1.165) is 36.3 Å². The first kappa shape index (κ1) is 24.5. The largest absolute Gasteiger partial charge is 0.437 e. The molecule has 0 aliphatic carbocycles. The molecule has 0 saturated carbocycles. The van der Waals surface area contributed by atoms with E-state index in [1.165, 1.54) is 0 Å². The number of para-hydroxylation sites is 1. The van der Waals surface area contributed by atoms with E-state index in [2.05, 4.69) is 11.5 Å². The van der Waals surface area contributed by atoms with Crippen LogP contribution in [0.3, 0.4) is 0 Å². The molecule has 1 fully saturated rings. The SMILES string of the molecule is C=CC(C)(O)CN(Cc1c(-c2ccccc2)nn(C)c1Oc1ccccc1Cl)CC1CCCO1. The fourth-order valence-corrected chi connectivity index (χ4v) is 4.46. The summed E-state index contributed by atoms with van der Waals surface area (Å²) in [5.74, 6) is 1.18. The Morgan fingerprint density at radius 2 is 2.00 bits per heavy atom. The maximum atomic E-state index is 10.8. The van der Waals surface area contributed by atoms with Crippen LogP contribution in [0.1, 0.15) is 25.3 Å². The molecule has 1 aromatic heterocycles. The molecule has 0 amide bonds. The van der Waals surface area contributed by atoms with Crippen LogP contribution >= 0.6 is 11.6 Å². The fraction of sp³-hybridized carbons (Fsp3) is 0.370. The van der Waals surface area contributed by atoms with Crippen molar-refractivity contribution in [2.75, 3.05) is 19.7 Å². The zero-order chi connectivity index (χ0) is 24.1. The number of halogens is 1. The fourth-order valence-electron chi connectivity index (χ4n) is 4.28. The number of benzene rings is 2. The van der Waals surface area contributed by atoms with E-state index in [0.29, 0.717) is 36.3 Å². The number of rotatable bonds is 10. The zero-order valence-electron chi connectivity index (χ0n) is 19.8. The van der Waals surface area contributed by atoms with Gasteiger partial charge in [-0.05, 0) is 31.9 Å². The molecule has 0 spiro atoms. The Balaban J connectivity index is 1.74. The number of hydrogen-bond donors (Lipinski definition) is 1. The van der Waals surface area contributed by atoms with Crippen LogP contribution in [0.4, 0.5) is 0 Å². The van der Waals surface area contributed by atoms with Gasteiger partial charge in [-0.2, -0.15) is 5.10 Å². The van der Waals surface area contributed by atoms with Crippen molar-refractivity contribution in [2.45, 2.75) is 38.0 Å². The Labute approximate surface area is 206 Å². The van der Waals surface area contributed by atoms with Crippen molar-refractivity contribution in [3.63, 3.8) is 0 Å². The van der Waals surface area contributed by atoms with Crippen LogP contribution in [0.25, 0.3) is 11.3 Å².